The van der Waals surface area contributed by atoms with Crippen LogP contribution in [0, 0.1) is 6.92 Å². The van der Waals surface area contributed by atoms with Crippen LogP contribution in [0.3, 0.4) is 0 Å². The average molecular weight is 424 g/mol. The van der Waals surface area contributed by atoms with Crippen LogP contribution in [0.2, 0.25) is 0 Å². The first-order valence-electron chi connectivity index (χ1n) is 7.03. The maximum absolute atomic E-state index is 6.11. The summed E-state index contributed by atoms with van der Waals surface area (Å²) in [4.78, 5) is 4.64. The number of hydrogen-bond donors (Lipinski definition) is 1. The smallest absolute Gasteiger partial charge is 0.229 e. The van der Waals surface area contributed by atoms with E-state index in [1.165, 1.54) is 5.56 Å². The van der Waals surface area contributed by atoms with Crippen molar-refractivity contribution in [2.24, 2.45) is 0 Å². The van der Waals surface area contributed by atoms with Gasteiger partial charge in [0.1, 0.15) is 5.52 Å². The lowest BCUT2D eigenvalue weighted by Crippen LogP contribution is -1.94. The highest BCUT2D eigenvalue weighted by atomic mass is 79.9. The Hall–Kier alpha value is -1.33. The second-order valence-electron chi connectivity index (χ2n) is 5.68. The van der Waals surface area contributed by atoms with Gasteiger partial charge in [0.05, 0.1) is 10.0 Å². The molecule has 0 fully saturated rings. The standard InChI is InChI=1S/C17H16Br2N2O/c1-8(2)10-4-5-13-12(7-10)21-17(22-13)14-11(18)6-9(3)16(20)15(14)19/h4-8H,20H2,1-3H3. The molecule has 0 radical (unpaired) electrons. The van der Waals surface area contributed by atoms with Crippen LogP contribution in [0.1, 0.15) is 30.9 Å². The van der Waals surface area contributed by atoms with E-state index in [-0.39, 0.29) is 0 Å². The summed E-state index contributed by atoms with van der Waals surface area (Å²) in [5.41, 5.74) is 11.5. The maximum atomic E-state index is 6.11. The molecule has 0 unspecified atom stereocenters. The van der Waals surface area contributed by atoms with Gasteiger partial charge in [-0.2, -0.15) is 0 Å². The van der Waals surface area contributed by atoms with E-state index < -0.39 is 0 Å². The minimum atomic E-state index is 0.457. The van der Waals surface area contributed by atoms with Crippen molar-refractivity contribution < 1.29 is 4.42 Å². The lowest BCUT2D eigenvalue weighted by molar-refractivity contribution is 0.619. The van der Waals surface area contributed by atoms with E-state index in [0.717, 1.165) is 31.2 Å². The fourth-order valence-corrected chi connectivity index (χ4v) is 4.03. The zero-order valence-electron chi connectivity index (χ0n) is 12.6. The van der Waals surface area contributed by atoms with Crippen molar-refractivity contribution in [3.8, 4) is 11.5 Å². The Morgan fingerprint density at radius 1 is 1.18 bits per heavy atom. The second kappa shape index (κ2) is 5.70. The van der Waals surface area contributed by atoms with E-state index in [1.54, 1.807) is 0 Å². The third-order valence-electron chi connectivity index (χ3n) is 3.76. The van der Waals surface area contributed by atoms with E-state index >= 15 is 0 Å². The molecule has 0 saturated heterocycles. The van der Waals surface area contributed by atoms with Crippen LogP contribution in [0.5, 0.6) is 0 Å². The molecule has 3 nitrogen and oxygen atoms in total. The molecule has 0 aliphatic carbocycles. The number of rotatable bonds is 2. The SMILES string of the molecule is Cc1cc(Br)c(-c2nc3cc(C(C)C)ccc3o2)c(Br)c1N. The van der Waals surface area contributed by atoms with Crippen LogP contribution in [0.25, 0.3) is 22.6 Å². The predicted octanol–water partition coefficient (Wildman–Crippen LogP) is 6.03. The molecule has 22 heavy (non-hydrogen) atoms. The molecule has 0 saturated carbocycles. The van der Waals surface area contributed by atoms with Crippen LogP contribution >= 0.6 is 31.9 Å². The zero-order chi connectivity index (χ0) is 16.0. The molecule has 0 atom stereocenters. The first-order chi connectivity index (χ1) is 10.4. The molecular weight excluding hydrogens is 408 g/mol. The van der Waals surface area contributed by atoms with Crippen molar-refractivity contribution in [1.82, 2.24) is 4.98 Å². The van der Waals surface area contributed by atoms with Crippen molar-refractivity contribution in [2.75, 3.05) is 5.73 Å². The molecule has 5 heteroatoms. The quantitative estimate of drug-likeness (QED) is 0.511. The second-order valence-corrected chi connectivity index (χ2v) is 7.33. The fraction of sp³-hybridized carbons (Fsp3) is 0.235. The molecule has 0 aliphatic heterocycles. The van der Waals surface area contributed by atoms with Crippen molar-refractivity contribution in [2.45, 2.75) is 26.7 Å². The van der Waals surface area contributed by atoms with Gasteiger partial charge in [-0.25, -0.2) is 4.98 Å². The molecule has 2 aromatic carbocycles. The van der Waals surface area contributed by atoms with Gasteiger partial charge in [0.25, 0.3) is 0 Å². The van der Waals surface area contributed by atoms with Crippen molar-refractivity contribution in [3.05, 3.63) is 44.3 Å². The first-order valence-corrected chi connectivity index (χ1v) is 8.62. The van der Waals surface area contributed by atoms with Gasteiger partial charge in [-0.15, -0.1) is 0 Å². The average Bonchev–Trinajstić information content (AvgIpc) is 2.87. The normalized spacial score (nSPS) is 11.5. The summed E-state index contributed by atoms with van der Waals surface area (Å²) in [6.45, 7) is 6.29. The summed E-state index contributed by atoms with van der Waals surface area (Å²) in [6.07, 6.45) is 0. The van der Waals surface area contributed by atoms with E-state index in [0.29, 0.717) is 17.5 Å². The number of nitrogen functional groups attached to an aromatic ring is 1. The highest BCUT2D eigenvalue weighted by molar-refractivity contribution is 9.11. The molecule has 3 aromatic rings. The highest BCUT2D eigenvalue weighted by Gasteiger charge is 2.18. The van der Waals surface area contributed by atoms with Crippen LogP contribution in [0.4, 0.5) is 5.69 Å². The molecule has 114 valence electrons. The lowest BCUT2D eigenvalue weighted by atomic mass is 10.0. The molecule has 2 N–H and O–H groups in total. The maximum Gasteiger partial charge on any atom is 0.229 e. The molecule has 0 spiro atoms. The molecule has 1 heterocycles. The Bertz CT molecular complexity index is 869. The number of aromatic nitrogens is 1. The third kappa shape index (κ3) is 2.57. The third-order valence-corrected chi connectivity index (χ3v) is 5.20. The summed E-state index contributed by atoms with van der Waals surface area (Å²) >= 11 is 7.14. The fourth-order valence-electron chi connectivity index (χ4n) is 2.36. The molecule has 0 bridgehead atoms. The van der Waals surface area contributed by atoms with Gasteiger partial charge in [0, 0.05) is 10.2 Å². The number of benzene rings is 2. The van der Waals surface area contributed by atoms with Gasteiger partial charge in [-0.05, 0) is 74.0 Å². The monoisotopic (exact) mass is 422 g/mol. The van der Waals surface area contributed by atoms with Gasteiger partial charge >= 0.3 is 0 Å². The van der Waals surface area contributed by atoms with Crippen LogP contribution < -0.4 is 5.73 Å². The largest absolute Gasteiger partial charge is 0.436 e. The number of nitrogens with two attached hydrogens (primary N) is 1. The molecule has 3 rings (SSSR count). The van der Waals surface area contributed by atoms with E-state index in [2.05, 4.69) is 62.8 Å². The molecule has 0 aliphatic rings. The van der Waals surface area contributed by atoms with E-state index in [4.69, 9.17) is 10.2 Å². The first kappa shape index (κ1) is 15.6. The Balaban J connectivity index is 2.21. The van der Waals surface area contributed by atoms with Crippen LogP contribution in [0.15, 0.2) is 37.6 Å². The molecule has 1 aromatic heterocycles. The van der Waals surface area contributed by atoms with Gasteiger partial charge < -0.3 is 10.2 Å². The summed E-state index contributed by atoms with van der Waals surface area (Å²) in [5.74, 6) is 1.01. The lowest BCUT2D eigenvalue weighted by Gasteiger charge is -2.09. The number of aryl methyl sites for hydroxylation is 1. The number of nitrogens with zero attached hydrogens (tertiary/aromatic N) is 1. The number of halogens is 2. The zero-order valence-corrected chi connectivity index (χ0v) is 15.7. The molecule has 0 amide bonds. The summed E-state index contributed by atoms with van der Waals surface area (Å²) in [7, 11) is 0. The summed E-state index contributed by atoms with van der Waals surface area (Å²) < 4.78 is 7.62. The van der Waals surface area contributed by atoms with E-state index in [9.17, 15) is 0 Å². The summed E-state index contributed by atoms with van der Waals surface area (Å²) in [6, 6.07) is 8.10. The number of oxazole rings is 1. The Morgan fingerprint density at radius 2 is 1.91 bits per heavy atom. The minimum Gasteiger partial charge on any atom is -0.436 e. The Morgan fingerprint density at radius 3 is 2.59 bits per heavy atom. The van der Waals surface area contributed by atoms with Gasteiger partial charge in [-0.1, -0.05) is 19.9 Å². The minimum absolute atomic E-state index is 0.457. The van der Waals surface area contributed by atoms with Crippen LogP contribution in [-0.4, -0.2) is 4.98 Å². The van der Waals surface area contributed by atoms with E-state index in [1.807, 2.05) is 19.1 Å². The highest BCUT2D eigenvalue weighted by Crippen LogP contribution is 2.41. The van der Waals surface area contributed by atoms with Crippen molar-refractivity contribution >= 4 is 48.6 Å². The predicted molar refractivity (Wildman–Crippen MR) is 98.1 cm³/mol. The Kier molecular flexibility index (Phi) is 4.03. The Labute approximate surface area is 146 Å². The molecular formula is C17H16Br2N2O. The van der Waals surface area contributed by atoms with Crippen molar-refractivity contribution in [3.63, 3.8) is 0 Å². The van der Waals surface area contributed by atoms with Crippen LogP contribution in [-0.2, 0) is 0 Å². The van der Waals surface area contributed by atoms with Gasteiger partial charge in [-0.3, -0.25) is 0 Å². The number of fused-ring (bicyclic) bond motifs is 1. The number of anilines is 1. The summed E-state index contributed by atoms with van der Waals surface area (Å²) in [5, 5.41) is 0. The van der Waals surface area contributed by atoms with Crippen molar-refractivity contribution in [1.29, 1.82) is 0 Å². The van der Waals surface area contributed by atoms with Gasteiger partial charge in [0.2, 0.25) is 5.89 Å². The van der Waals surface area contributed by atoms with Gasteiger partial charge in [0.15, 0.2) is 5.58 Å². The topological polar surface area (TPSA) is 52.0 Å². The number of hydrogen-bond acceptors (Lipinski definition) is 3.